The Morgan fingerprint density at radius 2 is 1.65 bits per heavy atom. The number of likely N-dealkylation sites (N-methyl/N-ethyl adjacent to an activating group) is 1. The topological polar surface area (TPSA) is 81.8 Å². The van der Waals surface area contributed by atoms with E-state index in [1.165, 1.54) is 9.80 Å². The Hall–Kier alpha value is -4.10. The highest BCUT2D eigenvalue weighted by Crippen LogP contribution is 2.37. The molecule has 3 aromatic carbocycles. The van der Waals surface area contributed by atoms with E-state index in [-0.39, 0.29) is 37.0 Å². The molecule has 5 rings (SSSR count). The van der Waals surface area contributed by atoms with Crippen molar-refractivity contribution >= 4 is 29.4 Å². The minimum absolute atomic E-state index is 0.124. The lowest BCUT2D eigenvalue weighted by Crippen LogP contribution is -2.45. The van der Waals surface area contributed by atoms with E-state index >= 15 is 0 Å². The third-order valence-electron chi connectivity index (χ3n) is 6.81. The van der Waals surface area contributed by atoms with Crippen LogP contribution in [0.15, 0.2) is 96.2 Å². The van der Waals surface area contributed by atoms with Crippen LogP contribution in [0.1, 0.15) is 28.8 Å². The van der Waals surface area contributed by atoms with Crippen molar-refractivity contribution < 1.29 is 14.4 Å². The Labute approximate surface area is 220 Å². The molecule has 0 saturated heterocycles. The molecule has 0 aliphatic carbocycles. The first-order valence-corrected chi connectivity index (χ1v) is 12.5. The zero-order valence-electron chi connectivity index (χ0n) is 20.4. The van der Waals surface area contributed by atoms with E-state index in [4.69, 9.17) is 11.6 Å². The van der Waals surface area contributed by atoms with Crippen LogP contribution in [0.2, 0.25) is 5.02 Å². The quantitative estimate of drug-likeness (QED) is 0.495. The van der Waals surface area contributed by atoms with Crippen LogP contribution in [0.4, 0.5) is 4.79 Å². The summed E-state index contributed by atoms with van der Waals surface area (Å²) in [6, 6.07) is 25.6. The molecule has 0 spiro atoms. The SMILES string of the molecule is CN1C(=O)NC(c2ccccc2Cl)C2=C1CN(CC(=O)NC(Cc1ccccc1)c1ccccc1)C2=O. The molecule has 7 nitrogen and oxygen atoms in total. The largest absolute Gasteiger partial charge is 0.347 e. The lowest BCUT2D eigenvalue weighted by Gasteiger charge is -2.31. The summed E-state index contributed by atoms with van der Waals surface area (Å²) in [5, 5.41) is 6.45. The number of urea groups is 1. The molecule has 0 aromatic heterocycles. The Morgan fingerprint density at radius 3 is 2.35 bits per heavy atom. The molecule has 8 heteroatoms. The van der Waals surface area contributed by atoms with E-state index in [0.717, 1.165) is 11.1 Å². The Morgan fingerprint density at radius 1 is 1.00 bits per heavy atom. The summed E-state index contributed by atoms with van der Waals surface area (Å²) in [7, 11) is 1.62. The lowest BCUT2D eigenvalue weighted by atomic mass is 9.95. The smallest absolute Gasteiger partial charge is 0.322 e. The number of benzene rings is 3. The highest BCUT2D eigenvalue weighted by molar-refractivity contribution is 6.31. The zero-order chi connectivity index (χ0) is 25.9. The fourth-order valence-corrected chi connectivity index (χ4v) is 5.14. The number of nitrogens with zero attached hydrogens (tertiary/aromatic N) is 2. The van der Waals surface area contributed by atoms with Crippen LogP contribution in [0.25, 0.3) is 0 Å². The van der Waals surface area contributed by atoms with Crippen LogP contribution in [-0.2, 0) is 16.0 Å². The predicted octanol–water partition coefficient (Wildman–Crippen LogP) is 4.23. The van der Waals surface area contributed by atoms with E-state index in [1.807, 2.05) is 66.7 Å². The van der Waals surface area contributed by atoms with E-state index in [9.17, 15) is 14.4 Å². The first-order valence-electron chi connectivity index (χ1n) is 12.1. The molecule has 2 aliphatic rings. The number of hydrogen-bond acceptors (Lipinski definition) is 3. The van der Waals surface area contributed by atoms with Crippen LogP contribution < -0.4 is 10.6 Å². The average molecular weight is 515 g/mol. The van der Waals surface area contributed by atoms with Gasteiger partial charge in [0.1, 0.15) is 6.54 Å². The van der Waals surface area contributed by atoms with Gasteiger partial charge in [0, 0.05) is 12.1 Å². The molecule has 2 unspecified atom stereocenters. The number of rotatable bonds is 7. The molecule has 2 atom stereocenters. The maximum absolute atomic E-state index is 13.5. The van der Waals surface area contributed by atoms with Crippen LogP contribution in [-0.4, -0.2) is 47.8 Å². The molecule has 2 N–H and O–H groups in total. The molecule has 4 amide bonds. The summed E-state index contributed by atoms with van der Waals surface area (Å²) in [4.78, 5) is 42.4. The second-order valence-electron chi connectivity index (χ2n) is 9.21. The number of nitrogens with one attached hydrogen (secondary N) is 2. The van der Waals surface area contributed by atoms with Crippen LogP contribution in [0.5, 0.6) is 0 Å². The van der Waals surface area contributed by atoms with Crippen LogP contribution in [0.3, 0.4) is 0 Å². The highest BCUT2D eigenvalue weighted by Gasteiger charge is 2.43. The second-order valence-corrected chi connectivity index (χ2v) is 9.61. The summed E-state index contributed by atoms with van der Waals surface area (Å²) < 4.78 is 0. The molecule has 0 fully saturated rings. The van der Waals surface area contributed by atoms with Gasteiger partial charge in [0.25, 0.3) is 5.91 Å². The Kier molecular flexibility index (Phi) is 6.97. The van der Waals surface area contributed by atoms with Gasteiger partial charge in [-0.3, -0.25) is 14.5 Å². The van der Waals surface area contributed by atoms with Gasteiger partial charge in [-0.25, -0.2) is 4.79 Å². The fraction of sp³-hybridized carbons (Fsp3) is 0.207. The van der Waals surface area contributed by atoms with Crippen molar-refractivity contribution in [3.8, 4) is 0 Å². The van der Waals surface area contributed by atoms with E-state index in [0.29, 0.717) is 28.3 Å². The molecule has 2 aliphatic heterocycles. The van der Waals surface area contributed by atoms with Gasteiger partial charge in [-0.15, -0.1) is 0 Å². The van der Waals surface area contributed by atoms with Gasteiger partial charge in [-0.1, -0.05) is 90.5 Å². The van der Waals surface area contributed by atoms with E-state index < -0.39 is 6.04 Å². The zero-order valence-corrected chi connectivity index (χ0v) is 21.1. The summed E-state index contributed by atoms with van der Waals surface area (Å²) in [5.74, 6) is -0.560. The maximum Gasteiger partial charge on any atom is 0.322 e. The van der Waals surface area contributed by atoms with Crippen molar-refractivity contribution in [2.24, 2.45) is 0 Å². The first kappa shape index (κ1) is 24.6. The van der Waals surface area contributed by atoms with Gasteiger partial charge in [0.2, 0.25) is 5.91 Å². The minimum atomic E-state index is -0.678. The second kappa shape index (κ2) is 10.5. The first-order chi connectivity index (χ1) is 17.9. The highest BCUT2D eigenvalue weighted by atomic mass is 35.5. The van der Waals surface area contributed by atoms with Gasteiger partial charge in [0.15, 0.2) is 0 Å². The van der Waals surface area contributed by atoms with Gasteiger partial charge in [0.05, 0.1) is 29.9 Å². The number of halogens is 1. The molecule has 3 aromatic rings. The van der Waals surface area contributed by atoms with Gasteiger partial charge >= 0.3 is 6.03 Å². The summed E-state index contributed by atoms with van der Waals surface area (Å²) >= 11 is 6.41. The molecule has 2 heterocycles. The molecular weight excluding hydrogens is 488 g/mol. The van der Waals surface area contributed by atoms with Crippen molar-refractivity contribution in [2.75, 3.05) is 20.1 Å². The van der Waals surface area contributed by atoms with Gasteiger partial charge in [-0.2, -0.15) is 0 Å². The summed E-state index contributed by atoms with van der Waals surface area (Å²) in [6.45, 7) is 0.0440. The Bertz CT molecular complexity index is 1360. The Balaban J connectivity index is 1.34. The van der Waals surface area contributed by atoms with Crippen molar-refractivity contribution in [3.63, 3.8) is 0 Å². The summed E-state index contributed by atoms with van der Waals surface area (Å²) in [6.07, 6.45) is 0.620. The fourth-order valence-electron chi connectivity index (χ4n) is 4.89. The number of carbonyl (C=O) groups is 3. The van der Waals surface area contributed by atoms with Gasteiger partial charge in [-0.05, 0) is 29.2 Å². The van der Waals surface area contributed by atoms with Crippen molar-refractivity contribution in [1.29, 1.82) is 0 Å². The van der Waals surface area contributed by atoms with Crippen LogP contribution >= 0.6 is 11.6 Å². The molecule has 0 saturated carbocycles. The number of amides is 4. The average Bonchev–Trinajstić information content (AvgIpc) is 3.23. The van der Waals surface area contributed by atoms with Crippen molar-refractivity contribution in [1.82, 2.24) is 20.4 Å². The van der Waals surface area contributed by atoms with E-state index in [1.54, 1.807) is 25.2 Å². The van der Waals surface area contributed by atoms with Crippen molar-refractivity contribution in [2.45, 2.75) is 18.5 Å². The standard InChI is InChI=1S/C29H27ClN4O3/c1-33-24-17-34(28(36)26(24)27(32-29(33)37)21-14-8-9-15-22(21)30)18-25(35)31-23(20-12-6-3-7-13-20)16-19-10-4-2-5-11-19/h2-15,23,27H,16-18H2,1H3,(H,31,35)(H,32,37). The summed E-state index contributed by atoms with van der Waals surface area (Å²) in [5.41, 5.74) is 3.74. The number of hydrogen-bond donors (Lipinski definition) is 2. The van der Waals surface area contributed by atoms with Crippen molar-refractivity contribution in [3.05, 3.63) is 118 Å². The molecular formula is C29H27ClN4O3. The van der Waals surface area contributed by atoms with Crippen LogP contribution in [0, 0.1) is 0 Å². The maximum atomic E-state index is 13.5. The lowest BCUT2D eigenvalue weighted by molar-refractivity contribution is -0.132. The van der Waals surface area contributed by atoms with Gasteiger partial charge < -0.3 is 15.5 Å². The number of carbonyl (C=O) groups excluding carboxylic acids is 3. The molecule has 37 heavy (non-hydrogen) atoms. The predicted molar refractivity (Wildman–Crippen MR) is 142 cm³/mol. The van der Waals surface area contributed by atoms with E-state index in [2.05, 4.69) is 10.6 Å². The third kappa shape index (κ3) is 5.08. The monoisotopic (exact) mass is 514 g/mol. The third-order valence-corrected chi connectivity index (χ3v) is 7.15. The minimum Gasteiger partial charge on any atom is -0.347 e. The molecule has 0 radical (unpaired) electrons. The molecule has 0 bridgehead atoms. The molecule has 188 valence electrons. The normalized spacial score (nSPS) is 17.9.